The van der Waals surface area contributed by atoms with Crippen molar-refractivity contribution in [2.45, 2.75) is 37.5 Å². The molecule has 2 fully saturated rings. The summed E-state index contributed by atoms with van der Waals surface area (Å²) in [4.78, 5) is 11.5. The van der Waals surface area contributed by atoms with E-state index in [-0.39, 0.29) is 29.8 Å². The highest BCUT2D eigenvalue weighted by atomic mass is 16.3. The first-order chi connectivity index (χ1) is 9.15. The van der Waals surface area contributed by atoms with Gasteiger partial charge in [-0.25, -0.2) is 0 Å². The smallest absolute Gasteiger partial charge is 0.222 e. The summed E-state index contributed by atoms with van der Waals surface area (Å²) >= 11 is 0. The highest BCUT2D eigenvalue weighted by Crippen LogP contribution is 2.32. The van der Waals surface area contributed by atoms with Crippen LogP contribution in [0.25, 0.3) is 0 Å². The normalized spacial score (nSPS) is 33.9. The summed E-state index contributed by atoms with van der Waals surface area (Å²) < 4.78 is 0. The lowest BCUT2D eigenvalue weighted by Crippen LogP contribution is -2.48. The quantitative estimate of drug-likeness (QED) is 0.628. The van der Waals surface area contributed by atoms with Gasteiger partial charge in [-0.15, -0.1) is 0 Å². The van der Waals surface area contributed by atoms with Crippen molar-refractivity contribution in [1.82, 2.24) is 10.6 Å². The third kappa shape index (κ3) is 2.31. The number of phenols is 1. The molecule has 1 heterocycles. The first kappa shape index (κ1) is 12.4. The molecule has 19 heavy (non-hydrogen) atoms. The Bertz CT molecular complexity index is 474. The van der Waals surface area contributed by atoms with Crippen molar-refractivity contribution in [3.63, 3.8) is 0 Å². The number of nitrogens with two attached hydrogens (primary N) is 1. The van der Waals surface area contributed by atoms with Gasteiger partial charge in [-0.3, -0.25) is 15.4 Å². The molecule has 1 saturated heterocycles. The maximum absolute atomic E-state index is 11.5. The first-order valence-corrected chi connectivity index (χ1v) is 6.75. The number of primary amides is 1. The molecule has 4 unspecified atom stereocenters. The van der Waals surface area contributed by atoms with E-state index < -0.39 is 0 Å². The SMILES string of the molecule is NC(=O)C1CCCC2NC(c3ccc(O)cc3)NC21. The van der Waals surface area contributed by atoms with E-state index in [9.17, 15) is 9.90 Å². The monoisotopic (exact) mass is 261 g/mol. The predicted molar refractivity (Wildman–Crippen MR) is 71.2 cm³/mol. The van der Waals surface area contributed by atoms with Crippen LogP contribution in [0.5, 0.6) is 5.75 Å². The topological polar surface area (TPSA) is 87.4 Å². The van der Waals surface area contributed by atoms with Crippen molar-refractivity contribution < 1.29 is 9.90 Å². The van der Waals surface area contributed by atoms with E-state index in [1.54, 1.807) is 12.1 Å². The van der Waals surface area contributed by atoms with Crippen LogP contribution in [0.3, 0.4) is 0 Å². The zero-order chi connectivity index (χ0) is 13.4. The molecule has 3 rings (SSSR count). The van der Waals surface area contributed by atoms with Gasteiger partial charge in [-0.2, -0.15) is 0 Å². The molecule has 0 radical (unpaired) electrons. The van der Waals surface area contributed by atoms with Gasteiger partial charge in [0.1, 0.15) is 5.75 Å². The summed E-state index contributed by atoms with van der Waals surface area (Å²) in [6.45, 7) is 0. The van der Waals surface area contributed by atoms with Gasteiger partial charge in [-0.1, -0.05) is 18.6 Å². The van der Waals surface area contributed by atoms with Crippen molar-refractivity contribution in [1.29, 1.82) is 0 Å². The second kappa shape index (κ2) is 4.83. The Hall–Kier alpha value is -1.59. The molecule has 5 nitrogen and oxygen atoms in total. The minimum Gasteiger partial charge on any atom is -0.508 e. The van der Waals surface area contributed by atoms with Crippen LogP contribution in [0, 0.1) is 5.92 Å². The van der Waals surface area contributed by atoms with Gasteiger partial charge in [-0.05, 0) is 30.5 Å². The molecule has 5 N–H and O–H groups in total. The molecule has 1 aromatic carbocycles. The summed E-state index contributed by atoms with van der Waals surface area (Å²) in [5.41, 5.74) is 6.55. The van der Waals surface area contributed by atoms with E-state index in [0.29, 0.717) is 6.04 Å². The molecule has 1 saturated carbocycles. The minimum atomic E-state index is -0.213. The van der Waals surface area contributed by atoms with Crippen LogP contribution in [0.15, 0.2) is 24.3 Å². The number of nitrogens with one attached hydrogen (secondary N) is 2. The molecule has 0 bridgehead atoms. The summed E-state index contributed by atoms with van der Waals surface area (Å²) in [6.07, 6.45) is 2.99. The maximum atomic E-state index is 11.5. The number of benzene rings is 1. The Balaban J connectivity index is 1.78. The highest BCUT2D eigenvalue weighted by molar-refractivity contribution is 5.77. The second-order valence-electron chi connectivity index (χ2n) is 5.43. The van der Waals surface area contributed by atoms with Crippen molar-refractivity contribution in [3.05, 3.63) is 29.8 Å². The molecule has 5 heteroatoms. The lowest BCUT2D eigenvalue weighted by molar-refractivity contribution is -0.123. The van der Waals surface area contributed by atoms with E-state index in [1.165, 1.54) is 0 Å². The molecule has 1 aromatic rings. The summed E-state index contributed by atoms with van der Waals surface area (Å²) in [5.74, 6) is -0.0436. The van der Waals surface area contributed by atoms with Crippen LogP contribution in [-0.4, -0.2) is 23.1 Å². The Morgan fingerprint density at radius 3 is 2.63 bits per heavy atom. The molecular formula is C14H19N3O2. The molecule has 1 aliphatic carbocycles. The maximum Gasteiger partial charge on any atom is 0.222 e. The van der Waals surface area contributed by atoms with E-state index in [1.807, 2.05) is 12.1 Å². The lowest BCUT2D eigenvalue weighted by Gasteiger charge is -2.30. The zero-order valence-corrected chi connectivity index (χ0v) is 10.7. The summed E-state index contributed by atoms with van der Waals surface area (Å²) in [6, 6.07) is 7.53. The molecule has 2 aliphatic rings. The summed E-state index contributed by atoms with van der Waals surface area (Å²) in [5, 5.41) is 16.3. The standard InChI is InChI=1S/C14H19N3O2/c15-13(19)10-2-1-3-11-12(10)17-14(16-11)8-4-6-9(18)7-5-8/h4-7,10-12,14,16-18H,1-3H2,(H2,15,19). The fourth-order valence-corrected chi connectivity index (χ4v) is 3.25. The van der Waals surface area contributed by atoms with Gasteiger partial charge < -0.3 is 10.8 Å². The number of rotatable bonds is 2. The minimum absolute atomic E-state index is 0.0237. The molecule has 4 atom stereocenters. The van der Waals surface area contributed by atoms with Gasteiger partial charge in [0.25, 0.3) is 0 Å². The Morgan fingerprint density at radius 2 is 1.95 bits per heavy atom. The van der Waals surface area contributed by atoms with E-state index in [2.05, 4.69) is 10.6 Å². The van der Waals surface area contributed by atoms with Crippen LogP contribution in [0.2, 0.25) is 0 Å². The Kier molecular flexibility index (Phi) is 3.16. The number of carbonyl (C=O) groups excluding carboxylic acids is 1. The molecule has 102 valence electrons. The predicted octanol–water partition coefficient (Wildman–Crippen LogP) is 0.606. The van der Waals surface area contributed by atoms with Crippen molar-refractivity contribution >= 4 is 5.91 Å². The van der Waals surface area contributed by atoms with Crippen molar-refractivity contribution in [2.75, 3.05) is 0 Å². The molecule has 1 aliphatic heterocycles. The largest absolute Gasteiger partial charge is 0.508 e. The first-order valence-electron chi connectivity index (χ1n) is 6.75. The number of hydrogen-bond donors (Lipinski definition) is 4. The van der Waals surface area contributed by atoms with Crippen molar-refractivity contribution in [3.8, 4) is 5.75 Å². The molecular weight excluding hydrogens is 242 g/mol. The third-order valence-electron chi connectivity index (χ3n) is 4.23. The Morgan fingerprint density at radius 1 is 1.21 bits per heavy atom. The van der Waals surface area contributed by atoms with Crippen LogP contribution in [-0.2, 0) is 4.79 Å². The van der Waals surface area contributed by atoms with E-state index >= 15 is 0 Å². The van der Waals surface area contributed by atoms with Gasteiger partial charge >= 0.3 is 0 Å². The van der Waals surface area contributed by atoms with Crippen LogP contribution < -0.4 is 16.4 Å². The van der Waals surface area contributed by atoms with E-state index in [4.69, 9.17) is 5.73 Å². The lowest BCUT2D eigenvalue weighted by atomic mass is 9.81. The number of aromatic hydroxyl groups is 1. The average molecular weight is 261 g/mol. The number of amides is 1. The number of hydrogen-bond acceptors (Lipinski definition) is 4. The van der Waals surface area contributed by atoms with Crippen LogP contribution in [0.4, 0.5) is 0 Å². The number of fused-ring (bicyclic) bond motifs is 1. The van der Waals surface area contributed by atoms with E-state index in [0.717, 1.165) is 24.8 Å². The van der Waals surface area contributed by atoms with Crippen LogP contribution in [0.1, 0.15) is 31.0 Å². The number of carbonyl (C=O) groups is 1. The van der Waals surface area contributed by atoms with Gasteiger partial charge in [0.15, 0.2) is 0 Å². The molecule has 0 spiro atoms. The third-order valence-corrected chi connectivity index (χ3v) is 4.23. The summed E-state index contributed by atoms with van der Waals surface area (Å²) in [7, 11) is 0. The van der Waals surface area contributed by atoms with Gasteiger partial charge in [0.05, 0.1) is 12.1 Å². The zero-order valence-electron chi connectivity index (χ0n) is 10.7. The van der Waals surface area contributed by atoms with Crippen LogP contribution >= 0.6 is 0 Å². The van der Waals surface area contributed by atoms with Gasteiger partial charge in [0.2, 0.25) is 5.91 Å². The highest BCUT2D eigenvalue weighted by Gasteiger charge is 2.42. The second-order valence-corrected chi connectivity index (χ2v) is 5.43. The van der Waals surface area contributed by atoms with Crippen molar-refractivity contribution in [2.24, 2.45) is 11.7 Å². The Labute approximate surface area is 112 Å². The fourth-order valence-electron chi connectivity index (χ4n) is 3.25. The average Bonchev–Trinajstić information content (AvgIpc) is 2.82. The molecule has 0 aromatic heterocycles. The van der Waals surface area contributed by atoms with Gasteiger partial charge in [0, 0.05) is 12.1 Å². The number of phenolic OH excluding ortho intramolecular Hbond substituents is 1. The molecule has 1 amide bonds. The fraction of sp³-hybridized carbons (Fsp3) is 0.500.